The van der Waals surface area contributed by atoms with Crippen molar-refractivity contribution < 1.29 is 18.7 Å². The van der Waals surface area contributed by atoms with Crippen LogP contribution in [0.3, 0.4) is 0 Å². The second-order valence-electron chi connectivity index (χ2n) is 8.11. The van der Waals surface area contributed by atoms with Gasteiger partial charge in [-0.2, -0.15) is 5.10 Å². The summed E-state index contributed by atoms with van der Waals surface area (Å²) < 4.78 is 21.7. The lowest BCUT2D eigenvalue weighted by molar-refractivity contribution is -0.119. The highest BCUT2D eigenvalue weighted by Gasteiger charge is 2.40. The Balaban J connectivity index is 1.48. The van der Waals surface area contributed by atoms with Crippen LogP contribution in [0.4, 0.5) is 20.6 Å². The Bertz CT molecular complexity index is 1160. The van der Waals surface area contributed by atoms with E-state index in [0.29, 0.717) is 17.8 Å². The van der Waals surface area contributed by atoms with Gasteiger partial charge in [0.2, 0.25) is 5.91 Å². The van der Waals surface area contributed by atoms with Crippen molar-refractivity contribution in [3.8, 4) is 5.69 Å². The number of urea groups is 1. The van der Waals surface area contributed by atoms with E-state index in [-0.39, 0.29) is 18.3 Å². The minimum Gasteiger partial charge on any atom is -0.380 e. The van der Waals surface area contributed by atoms with Crippen LogP contribution in [0.25, 0.3) is 5.69 Å². The topological polar surface area (TPSA) is 88.5 Å². The summed E-state index contributed by atoms with van der Waals surface area (Å²) >= 11 is 0. The van der Waals surface area contributed by atoms with E-state index in [1.807, 2.05) is 32.0 Å². The van der Waals surface area contributed by atoms with Gasteiger partial charge in [-0.1, -0.05) is 17.7 Å². The zero-order valence-electron chi connectivity index (χ0n) is 18.7. The third-order valence-corrected chi connectivity index (χ3v) is 5.66. The molecule has 2 aromatic carbocycles. The molecule has 0 spiro atoms. The van der Waals surface area contributed by atoms with Gasteiger partial charge in [-0.05, 0) is 44.2 Å². The summed E-state index contributed by atoms with van der Waals surface area (Å²) in [5.41, 5.74) is 3.08. The van der Waals surface area contributed by atoms with Crippen molar-refractivity contribution in [3.63, 3.8) is 0 Å². The number of nitrogens with zero attached hydrogens (tertiary/aromatic N) is 3. The van der Waals surface area contributed by atoms with Gasteiger partial charge in [0.15, 0.2) is 0 Å². The van der Waals surface area contributed by atoms with Gasteiger partial charge in [0, 0.05) is 38.0 Å². The fourth-order valence-electron chi connectivity index (χ4n) is 3.80. The quantitative estimate of drug-likeness (QED) is 0.616. The molecule has 1 aromatic heterocycles. The summed E-state index contributed by atoms with van der Waals surface area (Å²) in [5, 5.41) is 9.69. The second kappa shape index (κ2) is 9.41. The molecule has 0 radical (unpaired) electrons. The number of aryl methyl sites for hydroxylation is 2. The fourth-order valence-corrected chi connectivity index (χ4v) is 3.80. The van der Waals surface area contributed by atoms with Crippen LogP contribution in [0, 0.1) is 19.7 Å². The molecule has 1 aliphatic rings. The predicted molar refractivity (Wildman–Crippen MR) is 123 cm³/mol. The molecule has 8 nitrogen and oxygen atoms in total. The molecule has 0 bridgehead atoms. The summed E-state index contributed by atoms with van der Waals surface area (Å²) in [7, 11) is 1.54. The molecule has 3 aromatic rings. The molecule has 1 saturated heterocycles. The van der Waals surface area contributed by atoms with Gasteiger partial charge >= 0.3 is 6.03 Å². The third-order valence-electron chi connectivity index (χ3n) is 5.66. The number of likely N-dealkylation sites (tertiary alicyclic amines) is 1. The van der Waals surface area contributed by atoms with Gasteiger partial charge in [-0.25, -0.2) is 13.9 Å². The van der Waals surface area contributed by atoms with Crippen molar-refractivity contribution in [1.29, 1.82) is 0 Å². The highest BCUT2D eigenvalue weighted by Crippen LogP contribution is 2.25. The van der Waals surface area contributed by atoms with E-state index in [2.05, 4.69) is 15.7 Å². The van der Waals surface area contributed by atoms with Gasteiger partial charge in [-0.3, -0.25) is 4.79 Å². The molecular weight excluding hydrogens is 425 g/mol. The number of nitrogens with one attached hydrogen (secondary N) is 2. The van der Waals surface area contributed by atoms with E-state index in [1.165, 1.54) is 24.1 Å². The third kappa shape index (κ3) is 5.04. The highest BCUT2D eigenvalue weighted by atomic mass is 19.1. The Morgan fingerprint density at radius 3 is 2.48 bits per heavy atom. The number of hydrogen-bond acceptors (Lipinski definition) is 4. The lowest BCUT2D eigenvalue weighted by Gasteiger charge is -2.24. The monoisotopic (exact) mass is 451 g/mol. The maximum Gasteiger partial charge on any atom is 0.322 e. The number of carbonyl (C=O) groups is 2. The lowest BCUT2D eigenvalue weighted by atomic mass is 10.1. The van der Waals surface area contributed by atoms with E-state index in [0.717, 1.165) is 11.3 Å². The fraction of sp³-hybridized carbons (Fsp3) is 0.292. The minimum atomic E-state index is -0.798. The Morgan fingerprint density at radius 2 is 1.85 bits per heavy atom. The number of aromatic nitrogens is 2. The molecule has 3 amide bonds. The summed E-state index contributed by atoms with van der Waals surface area (Å²) in [6, 6.07) is 12.4. The largest absolute Gasteiger partial charge is 0.380 e. The summed E-state index contributed by atoms with van der Waals surface area (Å²) in [6.07, 6.45) is 1.76. The van der Waals surface area contributed by atoms with Gasteiger partial charge in [0.05, 0.1) is 23.2 Å². The molecule has 9 heteroatoms. The van der Waals surface area contributed by atoms with E-state index >= 15 is 0 Å². The summed E-state index contributed by atoms with van der Waals surface area (Å²) in [5.74, 6) is -1.07. The van der Waals surface area contributed by atoms with Crippen LogP contribution in [0.15, 0.2) is 54.7 Å². The van der Waals surface area contributed by atoms with Crippen LogP contribution in [0.1, 0.15) is 17.7 Å². The number of hydrogen-bond donors (Lipinski definition) is 2. The first-order chi connectivity index (χ1) is 15.8. The zero-order chi connectivity index (χ0) is 23.5. The Morgan fingerprint density at radius 1 is 1.09 bits per heavy atom. The van der Waals surface area contributed by atoms with Gasteiger partial charge in [0.25, 0.3) is 0 Å². The molecule has 1 fully saturated rings. The average molecular weight is 452 g/mol. The molecule has 0 unspecified atom stereocenters. The predicted octanol–water partition coefficient (Wildman–Crippen LogP) is 3.89. The van der Waals surface area contributed by atoms with Crippen molar-refractivity contribution in [2.24, 2.45) is 0 Å². The Hall–Kier alpha value is -3.72. The van der Waals surface area contributed by atoms with Gasteiger partial charge < -0.3 is 20.3 Å². The van der Waals surface area contributed by atoms with E-state index in [1.54, 1.807) is 29.1 Å². The minimum absolute atomic E-state index is 0.0346. The highest BCUT2D eigenvalue weighted by molar-refractivity contribution is 5.99. The van der Waals surface area contributed by atoms with Crippen LogP contribution >= 0.6 is 0 Å². The van der Waals surface area contributed by atoms with Crippen LogP contribution in [-0.4, -0.2) is 52.4 Å². The molecule has 0 aliphatic carbocycles. The Labute approximate surface area is 191 Å². The number of ether oxygens (including phenoxy) is 1. The second-order valence-corrected chi connectivity index (χ2v) is 8.11. The molecule has 4 rings (SSSR count). The lowest BCUT2D eigenvalue weighted by Crippen LogP contribution is -2.45. The van der Waals surface area contributed by atoms with Crippen LogP contribution in [-0.2, 0) is 9.53 Å². The van der Waals surface area contributed by atoms with Crippen molar-refractivity contribution >= 4 is 23.3 Å². The molecule has 1 aliphatic heterocycles. The zero-order valence-corrected chi connectivity index (χ0v) is 18.7. The van der Waals surface area contributed by atoms with E-state index in [9.17, 15) is 14.0 Å². The van der Waals surface area contributed by atoms with Crippen molar-refractivity contribution in [1.82, 2.24) is 14.7 Å². The molecule has 2 atom stereocenters. The normalized spacial score (nSPS) is 17.8. The number of benzene rings is 2. The first-order valence-corrected chi connectivity index (χ1v) is 10.6. The first-order valence-electron chi connectivity index (χ1n) is 10.6. The molecule has 0 saturated carbocycles. The summed E-state index contributed by atoms with van der Waals surface area (Å²) in [4.78, 5) is 27.3. The number of halogens is 1. The van der Waals surface area contributed by atoms with Crippen molar-refractivity contribution in [2.45, 2.75) is 32.4 Å². The SMILES string of the molecule is CO[C@@H]1C[C@H](C(=O)Nc2ccc(-n3ccc(C)n3)cc2F)N(C(=O)Nc2ccc(C)cc2)C1. The molecule has 2 heterocycles. The van der Waals surface area contributed by atoms with Gasteiger partial charge in [0.1, 0.15) is 11.9 Å². The molecule has 33 heavy (non-hydrogen) atoms. The first kappa shape index (κ1) is 22.5. The van der Waals surface area contributed by atoms with Crippen LogP contribution < -0.4 is 10.6 Å². The van der Waals surface area contributed by atoms with Crippen LogP contribution in [0.5, 0.6) is 0 Å². The Kier molecular flexibility index (Phi) is 6.41. The van der Waals surface area contributed by atoms with Crippen LogP contribution in [0.2, 0.25) is 0 Å². The van der Waals surface area contributed by atoms with Crippen molar-refractivity contribution in [3.05, 3.63) is 71.8 Å². The van der Waals surface area contributed by atoms with E-state index < -0.39 is 23.8 Å². The van der Waals surface area contributed by atoms with Gasteiger partial charge in [-0.15, -0.1) is 0 Å². The van der Waals surface area contributed by atoms with Crippen molar-refractivity contribution in [2.75, 3.05) is 24.3 Å². The standard InChI is InChI=1S/C24H26FN5O3/c1-15-4-6-17(7-5-15)26-24(32)29-14-19(33-3)13-22(29)23(31)27-21-9-8-18(12-20(21)25)30-11-10-16(2)28-30/h4-12,19,22H,13-14H2,1-3H3,(H,26,32)(H,27,31)/t19-,22-/m1/s1. The average Bonchev–Trinajstić information content (AvgIpc) is 3.43. The van der Waals surface area contributed by atoms with E-state index in [4.69, 9.17) is 4.74 Å². The summed E-state index contributed by atoms with van der Waals surface area (Å²) in [6.45, 7) is 4.06. The molecular formula is C24H26FN5O3. The smallest absolute Gasteiger partial charge is 0.322 e. The molecule has 2 N–H and O–H groups in total. The number of amides is 3. The number of rotatable bonds is 5. The number of methoxy groups -OCH3 is 1. The maximum atomic E-state index is 14.7. The maximum absolute atomic E-state index is 14.7. The number of carbonyl (C=O) groups excluding carboxylic acids is 2. The number of anilines is 2. The molecule has 172 valence electrons.